The van der Waals surface area contributed by atoms with Gasteiger partial charge in [0.15, 0.2) is 0 Å². The van der Waals surface area contributed by atoms with Crippen LogP contribution in [0.4, 0.5) is 0 Å². The fourth-order valence-corrected chi connectivity index (χ4v) is 2.02. The largest absolute Gasteiger partial charge is 0.497 e. The minimum Gasteiger partial charge on any atom is -0.497 e. The Morgan fingerprint density at radius 2 is 1.79 bits per heavy atom. The summed E-state index contributed by atoms with van der Waals surface area (Å²) in [6.07, 6.45) is 0.654. The fraction of sp³-hybridized carbons (Fsp3) is 0.133. The van der Waals surface area contributed by atoms with Crippen LogP contribution >= 0.6 is 11.6 Å². The smallest absolute Gasteiger partial charge is 0.337 e. The normalized spacial score (nSPS) is 10.2. The number of hydrogen-bond donors (Lipinski definition) is 1. The Bertz CT molecular complexity index is 591. The third kappa shape index (κ3) is 3.26. The van der Waals surface area contributed by atoms with Crippen molar-refractivity contribution in [2.45, 2.75) is 6.42 Å². The summed E-state index contributed by atoms with van der Waals surface area (Å²) in [5, 5.41) is 9.28. The van der Waals surface area contributed by atoms with Gasteiger partial charge in [-0.3, -0.25) is 0 Å². The van der Waals surface area contributed by atoms with Gasteiger partial charge in [0.05, 0.1) is 17.7 Å². The van der Waals surface area contributed by atoms with Gasteiger partial charge in [-0.1, -0.05) is 29.8 Å². The summed E-state index contributed by atoms with van der Waals surface area (Å²) in [6.45, 7) is 0. The van der Waals surface area contributed by atoms with Crippen LogP contribution in [0.3, 0.4) is 0 Å². The Labute approximate surface area is 116 Å². The highest BCUT2D eigenvalue weighted by molar-refractivity contribution is 6.33. The molecule has 0 saturated carbocycles. The molecule has 4 heteroatoms. The Balaban J connectivity index is 2.22. The minimum absolute atomic E-state index is 0.132. The monoisotopic (exact) mass is 276 g/mol. The molecule has 0 amide bonds. The lowest BCUT2D eigenvalue weighted by atomic mass is 10.0. The van der Waals surface area contributed by atoms with Crippen molar-refractivity contribution in [1.29, 1.82) is 0 Å². The first-order valence-electron chi connectivity index (χ1n) is 5.75. The summed E-state index contributed by atoms with van der Waals surface area (Å²) in [7, 11) is 1.62. The molecule has 2 aromatic rings. The Morgan fingerprint density at radius 1 is 1.16 bits per heavy atom. The van der Waals surface area contributed by atoms with Crippen LogP contribution in [-0.4, -0.2) is 18.2 Å². The van der Waals surface area contributed by atoms with Crippen LogP contribution < -0.4 is 4.74 Å². The number of carboxylic acid groups (broad SMARTS) is 1. The number of methoxy groups -OCH3 is 1. The second kappa shape index (κ2) is 5.76. The number of rotatable bonds is 4. The third-order valence-corrected chi connectivity index (χ3v) is 3.16. The van der Waals surface area contributed by atoms with Gasteiger partial charge in [-0.2, -0.15) is 0 Å². The standard InChI is InChI=1S/C15H13ClO3/c1-19-12-5-2-10(3-6-12)8-11-4-7-14(16)13(9-11)15(17)18/h2-7,9H,8H2,1H3,(H,17,18). The molecular formula is C15H13ClO3. The molecule has 19 heavy (non-hydrogen) atoms. The average molecular weight is 277 g/mol. The van der Waals surface area contributed by atoms with Gasteiger partial charge in [0.1, 0.15) is 5.75 Å². The topological polar surface area (TPSA) is 46.5 Å². The van der Waals surface area contributed by atoms with Gasteiger partial charge in [0, 0.05) is 0 Å². The maximum Gasteiger partial charge on any atom is 0.337 e. The SMILES string of the molecule is COc1ccc(Cc2ccc(Cl)c(C(=O)O)c2)cc1. The van der Waals surface area contributed by atoms with E-state index in [1.807, 2.05) is 30.3 Å². The predicted molar refractivity (Wildman–Crippen MR) is 74.2 cm³/mol. The van der Waals surface area contributed by atoms with Crippen LogP contribution in [-0.2, 0) is 6.42 Å². The molecule has 0 aliphatic rings. The lowest BCUT2D eigenvalue weighted by Gasteiger charge is -2.06. The molecule has 0 aliphatic heterocycles. The van der Waals surface area contributed by atoms with E-state index in [9.17, 15) is 4.79 Å². The molecule has 0 saturated heterocycles. The van der Waals surface area contributed by atoms with E-state index in [1.165, 1.54) is 0 Å². The number of ether oxygens (including phenoxy) is 1. The van der Waals surface area contributed by atoms with E-state index in [-0.39, 0.29) is 10.6 Å². The molecule has 1 N–H and O–H groups in total. The van der Waals surface area contributed by atoms with Crippen molar-refractivity contribution in [3.8, 4) is 5.75 Å². The summed E-state index contributed by atoms with van der Waals surface area (Å²) in [4.78, 5) is 11.0. The first-order chi connectivity index (χ1) is 9.10. The van der Waals surface area contributed by atoms with Crippen molar-refractivity contribution in [1.82, 2.24) is 0 Å². The summed E-state index contributed by atoms with van der Waals surface area (Å²) in [5.74, 6) is -0.215. The molecule has 2 aromatic carbocycles. The molecule has 98 valence electrons. The van der Waals surface area contributed by atoms with Crippen LogP contribution in [0.1, 0.15) is 21.5 Å². The predicted octanol–water partition coefficient (Wildman–Crippen LogP) is 3.64. The molecule has 0 fully saturated rings. The lowest BCUT2D eigenvalue weighted by molar-refractivity contribution is 0.0697. The molecule has 0 aromatic heterocycles. The van der Waals surface area contributed by atoms with Crippen LogP contribution in [0.5, 0.6) is 5.75 Å². The number of carboxylic acids is 1. The number of aromatic carboxylic acids is 1. The molecule has 3 nitrogen and oxygen atoms in total. The van der Waals surface area contributed by atoms with E-state index in [0.717, 1.165) is 16.9 Å². The number of halogens is 1. The van der Waals surface area contributed by atoms with Gasteiger partial charge < -0.3 is 9.84 Å². The molecule has 0 atom stereocenters. The second-order valence-electron chi connectivity index (χ2n) is 4.14. The molecule has 0 heterocycles. The first-order valence-corrected chi connectivity index (χ1v) is 6.12. The van der Waals surface area contributed by atoms with Crippen LogP contribution in [0.2, 0.25) is 5.02 Å². The zero-order valence-corrected chi connectivity index (χ0v) is 11.1. The maximum atomic E-state index is 11.0. The van der Waals surface area contributed by atoms with Gasteiger partial charge in [0.2, 0.25) is 0 Å². The first kappa shape index (κ1) is 13.4. The van der Waals surface area contributed by atoms with Crippen molar-refractivity contribution in [2.75, 3.05) is 7.11 Å². The highest BCUT2D eigenvalue weighted by Gasteiger charge is 2.09. The summed E-state index contributed by atoms with van der Waals surface area (Å²) >= 11 is 5.84. The van der Waals surface area contributed by atoms with Gasteiger partial charge in [-0.05, 0) is 41.8 Å². The van der Waals surface area contributed by atoms with E-state index in [2.05, 4.69) is 0 Å². The molecule has 2 rings (SSSR count). The number of carbonyl (C=O) groups is 1. The van der Waals surface area contributed by atoms with E-state index in [0.29, 0.717) is 6.42 Å². The second-order valence-corrected chi connectivity index (χ2v) is 4.55. The molecular weight excluding hydrogens is 264 g/mol. The van der Waals surface area contributed by atoms with E-state index >= 15 is 0 Å². The average Bonchev–Trinajstić information content (AvgIpc) is 2.41. The van der Waals surface area contributed by atoms with Crippen LogP contribution in [0, 0.1) is 0 Å². The summed E-state index contributed by atoms with van der Waals surface area (Å²) in [5.41, 5.74) is 2.12. The minimum atomic E-state index is -1.01. The van der Waals surface area contributed by atoms with Crippen LogP contribution in [0.15, 0.2) is 42.5 Å². The molecule has 0 spiro atoms. The van der Waals surface area contributed by atoms with Crippen molar-refractivity contribution in [2.24, 2.45) is 0 Å². The number of benzene rings is 2. The zero-order chi connectivity index (χ0) is 13.8. The number of hydrogen-bond acceptors (Lipinski definition) is 2. The van der Waals surface area contributed by atoms with Crippen molar-refractivity contribution in [3.05, 3.63) is 64.2 Å². The summed E-state index contributed by atoms with van der Waals surface area (Å²) in [6, 6.07) is 12.7. The van der Waals surface area contributed by atoms with E-state index < -0.39 is 5.97 Å². The molecule has 0 aliphatic carbocycles. The quantitative estimate of drug-likeness (QED) is 0.927. The van der Waals surface area contributed by atoms with Gasteiger partial charge in [-0.15, -0.1) is 0 Å². The van der Waals surface area contributed by atoms with Crippen LogP contribution in [0.25, 0.3) is 0 Å². The zero-order valence-electron chi connectivity index (χ0n) is 10.4. The molecule has 0 radical (unpaired) electrons. The lowest BCUT2D eigenvalue weighted by Crippen LogP contribution is -1.99. The van der Waals surface area contributed by atoms with E-state index in [4.69, 9.17) is 21.4 Å². The highest BCUT2D eigenvalue weighted by atomic mass is 35.5. The highest BCUT2D eigenvalue weighted by Crippen LogP contribution is 2.20. The van der Waals surface area contributed by atoms with Crippen molar-refractivity contribution < 1.29 is 14.6 Å². The third-order valence-electron chi connectivity index (χ3n) is 2.83. The molecule has 0 unspecified atom stereocenters. The van der Waals surface area contributed by atoms with Crippen molar-refractivity contribution in [3.63, 3.8) is 0 Å². The van der Waals surface area contributed by atoms with Gasteiger partial charge in [0.25, 0.3) is 0 Å². The maximum absolute atomic E-state index is 11.0. The Kier molecular flexibility index (Phi) is 4.07. The van der Waals surface area contributed by atoms with Crippen molar-refractivity contribution >= 4 is 17.6 Å². The molecule has 0 bridgehead atoms. The summed E-state index contributed by atoms with van der Waals surface area (Å²) < 4.78 is 5.09. The fourth-order valence-electron chi connectivity index (χ4n) is 1.83. The van der Waals surface area contributed by atoms with E-state index in [1.54, 1.807) is 19.2 Å². The Morgan fingerprint density at radius 3 is 2.37 bits per heavy atom. The van der Waals surface area contributed by atoms with Gasteiger partial charge in [-0.25, -0.2) is 4.79 Å². The van der Waals surface area contributed by atoms with Gasteiger partial charge >= 0.3 is 5.97 Å². The Hall–Kier alpha value is -2.00.